The lowest BCUT2D eigenvalue weighted by Gasteiger charge is -2.15. The molecule has 1 aliphatic rings. The topological polar surface area (TPSA) is 97.2 Å². The van der Waals surface area contributed by atoms with Crippen LogP contribution in [0.1, 0.15) is 12.0 Å². The van der Waals surface area contributed by atoms with Gasteiger partial charge in [-0.2, -0.15) is 10.4 Å². The van der Waals surface area contributed by atoms with Crippen LogP contribution in [0.25, 0.3) is 22.4 Å². The van der Waals surface area contributed by atoms with E-state index >= 15 is 0 Å². The van der Waals surface area contributed by atoms with Crippen LogP contribution < -0.4 is 10.5 Å². The SMILES string of the molecule is COc1ccc(-c2cn(CC(=O)N3CC[C@@H](N)C3)nc2-c2ccc(C#N)c(F)c2)cc1F. The van der Waals surface area contributed by atoms with Crippen molar-refractivity contribution < 1.29 is 18.3 Å². The predicted molar refractivity (Wildman–Crippen MR) is 113 cm³/mol. The number of hydrogen-bond acceptors (Lipinski definition) is 5. The summed E-state index contributed by atoms with van der Waals surface area (Å²) in [7, 11) is 1.37. The molecule has 0 aliphatic carbocycles. The Hall–Kier alpha value is -3.77. The van der Waals surface area contributed by atoms with Crippen LogP contribution in [0.5, 0.6) is 5.75 Å². The van der Waals surface area contributed by atoms with E-state index in [1.165, 1.54) is 36.1 Å². The molecule has 9 heteroatoms. The summed E-state index contributed by atoms with van der Waals surface area (Å²) in [5.74, 6) is -1.29. The van der Waals surface area contributed by atoms with E-state index in [0.29, 0.717) is 35.5 Å². The number of halogens is 2. The first-order chi connectivity index (χ1) is 15.4. The number of likely N-dealkylation sites (tertiary alicyclic amines) is 1. The highest BCUT2D eigenvalue weighted by atomic mass is 19.1. The summed E-state index contributed by atoms with van der Waals surface area (Å²) in [6.45, 7) is 1.05. The first kappa shape index (κ1) is 21.5. The van der Waals surface area contributed by atoms with Crippen molar-refractivity contribution >= 4 is 5.91 Å². The van der Waals surface area contributed by atoms with Gasteiger partial charge in [-0.05, 0) is 36.2 Å². The van der Waals surface area contributed by atoms with Crippen LogP contribution in [0.3, 0.4) is 0 Å². The van der Waals surface area contributed by atoms with Crippen molar-refractivity contribution in [2.75, 3.05) is 20.2 Å². The third-order valence-corrected chi connectivity index (χ3v) is 5.46. The van der Waals surface area contributed by atoms with Gasteiger partial charge < -0.3 is 15.4 Å². The molecule has 1 aromatic heterocycles. The summed E-state index contributed by atoms with van der Waals surface area (Å²) in [5.41, 5.74) is 7.58. The highest BCUT2D eigenvalue weighted by molar-refractivity contribution is 5.82. The summed E-state index contributed by atoms with van der Waals surface area (Å²) < 4.78 is 35.1. The number of benzene rings is 2. The van der Waals surface area contributed by atoms with Gasteiger partial charge in [-0.15, -0.1) is 0 Å². The van der Waals surface area contributed by atoms with Gasteiger partial charge in [0.25, 0.3) is 0 Å². The molecule has 0 radical (unpaired) electrons. The van der Waals surface area contributed by atoms with E-state index in [1.807, 2.05) is 0 Å². The van der Waals surface area contributed by atoms with Gasteiger partial charge in [0.1, 0.15) is 24.1 Å². The number of carbonyl (C=O) groups excluding carboxylic acids is 1. The fourth-order valence-electron chi connectivity index (χ4n) is 3.77. The molecule has 7 nitrogen and oxygen atoms in total. The minimum absolute atomic E-state index is 0.0306. The number of hydrogen-bond donors (Lipinski definition) is 1. The number of rotatable bonds is 5. The van der Waals surface area contributed by atoms with E-state index in [9.17, 15) is 13.6 Å². The van der Waals surface area contributed by atoms with E-state index in [1.54, 1.807) is 29.3 Å². The van der Waals surface area contributed by atoms with E-state index in [-0.39, 0.29) is 29.8 Å². The molecule has 1 atom stereocenters. The van der Waals surface area contributed by atoms with Crippen LogP contribution in [0.4, 0.5) is 8.78 Å². The maximum atomic E-state index is 14.4. The minimum Gasteiger partial charge on any atom is -0.494 e. The van der Waals surface area contributed by atoms with Gasteiger partial charge in [0, 0.05) is 36.5 Å². The summed E-state index contributed by atoms with van der Waals surface area (Å²) in [6, 6.07) is 10.3. The maximum absolute atomic E-state index is 14.4. The van der Waals surface area contributed by atoms with Crippen molar-refractivity contribution in [2.45, 2.75) is 19.0 Å². The second kappa shape index (κ2) is 8.77. The van der Waals surface area contributed by atoms with Crippen LogP contribution in [0.15, 0.2) is 42.6 Å². The molecule has 1 fully saturated rings. The number of nitriles is 1. The zero-order chi connectivity index (χ0) is 22.8. The molecule has 1 aliphatic heterocycles. The molecule has 0 unspecified atom stereocenters. The lowest BCUT2D eigenvalue weighted by molar-refractivity contribution is -0.131. The van der Waals surface area contributed by atoms with Crippen molar-refractivity contribution in [3.05, 3.63) is 59.8 Å². The van der Waals surface area contributed by atoms with Gasteiger partial charge in [0.05, 0.1) is 12.7 Å². The van der Waals surface area contributed by atoms with Crippen LogP contribution in [0, 0.1) is 23.0 Å². The van der Waals surface area contributed by atoms with Crippen molar-refractivity contribution in [3.63, 3.8) is 0 Å². The molecule has 0 spiro atoms. The largest absolute Gasteiger partial charge is 0.494 e. The Morgan fingerprint density at radius 2 is 2.00 bits per heavy atom. The van der Waals surface area contributed by atoms with E-state index in [0.717, 1.165) is 6.42 Å². The summed E-state index contributed by atoms with van der Waals surface area (Å²) >= 11 is 0. The molecule has 0 bridgehead atoms. The Kier molecular flexibility index (Phi) is 5.88. The normalized spacial score (nSPS) is 15.6. The number of nitrogens with two attached hydrogens (primary N) is 1. The van der Waals surface area contributed by atoms with E-state index < -0.39 is 11.6 Å². The Morgan fingerprint density at radius 3 is 2.62 bits per heavy atom. The molecule has 2 heterocycles. The van der Waals surface area contributed by atoms with Crippen molar-refractivity contribution in [3.8, 4) is 34.2 Å². The molecular formula is C23H21F2N5O2. The van der Waals surface area contributed by atoms with Crippen LogP contribution in [-0.4, -0.2) is 46.8 Å². The van der Waals surface area contributed by atoms with E-state index in [4.69, 9.17) is 15.7 Å². The summed E-state index contributed by atoms with van der Waals surface area (Å²) in [6.07, 6.45) is 2.37. The Morgan fingerprint density at radius 1 is 1.25 bits per heavy atom. The molecule has 32 heavy (non-hydrogen) atoms. The Bertz CT molecular complexity index is 1220. The first-order valence-electron chi connectivity index (χ1n) is 10.0. The van der Waals surface area contributed by atoms with Crippen LogP contribution in [-0.2, 0) is 11.3 Å². The maximum Gasteiger partial charge on any atom is 0.244 e. The molecular weight excluding hydrogens is 416 g/mol. The summed E-state index contributed by atoms with van der Waals surface area (Å²) in [5, 5.41) is 13.5. The molecule has 4 rings (SSSR count). The number of ether oxygens (including phenoxy) is 1. The van der Waals surface area contributed by atoms with Crippen LogP contribution in [0.2, 0.25) is 0 Å². The third kappa shape index (κ3) is 4.18. The van der Waals surface area contributed by atoms with Gasteiger partial charge in [-0.25, -0.2) is 8.78 Å². The standard InChI is InChI=1S/C23H21F2N5O2/c1-32-21-5-4-14(8-20(21)25)18-12-30(13-22(31)29-7-6-17(27)11-29)28-23(18)15-2-3-16(10-26)19(24)9-15/h2-5,8-9,12,17H,6-7,11,13,27H2,1H3/t17-/m1/s1. The average Bonchev–Trinajstić information content (AvgIpc) is 3.40. The number of aromatic nitrogens is 2. The fourth-order valence-corrected chi connectivity index (χ4v) is 3.77. The van der Waals surface area contributed by atoms with Gasteiger partial charge in [-0.1, -0.05) is 12.1 Å². The molecule has 1 amide bonds. The average molecular weight is 437 g/mol. The summed E-state index contributed by atoms with van der Waals surface area (Å²) in [4.78, 5) is 14.3. The minimum atomic E-state index is -0.687. The zero-order valence-electron chi connectivity index (χ0n) is 17.4. The quantitative estimate of drug-likeness (QED) is 0.662. The number of methoxy groups -OCH3 is 1. The molecule has 1 saturated heterocycles. The Labute approximate surface area is 183 Å². The van der Waals surface area contributed by atoms with Gasteiger partial charge >= 0.3 is 0 Å². The fraction of sp³-hybridized carbons (Fsp3) is 0.261. The highest BCUT2D eigenvalue weighted by Crippen LogP contribution is 2.34. The molecule has 0 saturated carbocycles. The number of nitrogens with zero attached hydrogens (tertiary/aromatic N) is 4. The van der Waals surface area contributed by atoms with E-state index in [2.05, 4.69) is 5.10 Å². The molecule has 2 aromatic carbocycles. The van der Waals surface area contributed by atoms with Crippen molar-refractivity contribution in [1.82, 2.24) is 14.7 Å². The lowest BCUT2D eigenvalue weighted by atomic mass is 10.0. The number of amides is 1. The second-order valence-electron chi connectivity index (χ2n) is 7.63. The molecule has 2 N–H and O–H groups in total. The smallest absolute Gasteiger partial charge is 0.244 e. The number of carbonyl (C=O) groups is 1. The molecule has 164 valence electrons. The van der Waals surface area contributed by atoms with Crippen LogP contribution >= 0.6 is 0 Å². The van der Waals surface area contributed by atoms with Gasteiger partial charge in [0.2, 0.25) is 5.91 Å². The second-order valence-corrected chi connectivity index (χ2v) is 7.63. The predicted octanol–water partition coefficient (Wildman–Crippen LogP) is 2.94. The monoisotopic (exact) mass is 437 g/mol. The highest BCUT2D eigenvalue weighted by Gasteiger charge is 2.25. The lowest BCUT2D eigenvalue weighted by Crippen LogP contribution is -2.34. The van der Waals surface area contributed by atoms with Crippen molar-refractivity contribution in [1.29, 1.82) is 5.26 Å². The first-order valence-corrected chi connectivity index (χ1v) is 10.0. The Balaban J connectivity index is 1.75. The van der Waals surface area contributed by atoms with Crippen molar-refractivity contribution in [2.24, 2.45) is 5.73 Å². The zero-order valence-corrected chi connectivity index (χ0v) is 17.4. The third-order valence-electron chi connectivity index (χ3n) is 5.46. The van der Waals surface area contributed by atoms with Gasteiger partial charge in [0.15, 0.2) is 11.6 Å². The molecule has 3 aromatic rings. The van der Waals surface area contributed by atoms with Gasteiger partial charge in [-0.3, -0.25) is 9.48 Å².